The van der Waals surface area contributed by atoms with E-state index in [2.05, 4.69) is 20.4 Å². The lowest BCUT2D eigenvalue weighted by molar-refractivity contribution is 0.121. The predicted molar refractivity (Wildman–Crippen MR) is 79.0 cm³/mol. The fraction of sp³-hybridized carbons (Fsp3) is 0.769. The Hall–Kier alpha value is -1.63. The van der Waals surface area contributed by atoms with E-state index >= 15 is 0 Å². The molecule has 0 radical (unpaired) electrons. The number of amides is 3. The molecule has 0 aliphatic rings. The van der Waals surface area contributed by atoms with Crippen LogP contribution in [0.5, 0.6) is 0 Å². The average molecular weight is 286 g/mol. The van der Waals surface area contributed by atoms with E-state index in [0.29, 0.717) is 13.1 Å². The third kappa shape index (κ3) is 5.16. The van der Waals surface area contributed by atoms with E-state index in [1.165, 1.54) is 13.3 Å². The van der Waals surface area contributed by atoms with Crippen LogP contribution in [-0.2, 0) is 4.74 Å². The van der Waals surface area contributed by atoms with Crippen molar-refractivity contribution < 1.29 is 14.3 Å². The Labute approximate surface area is 120 Å². The van der Waals surface area contributed by atoms with Crippen molar-refractivity contribution >= 4 is 18.3 Å². The zero-order valence-corrected chi connectivity index (χ0v) is 13.2. The van der Waals surface area contributed by atoms with Crippen LogP contribution in [0.2, 0.25) is 0 Å². The van der Waals surface area contributed by atoms with Gasteiger partial charge in [-0.25, -0.2) is 9.59 Å². The van der Waals surface area contributed by atoms with Crippen molar-refractivity contribution in [3.05, 3.63) is 0 Å². The molecule has 0 aliphatic heterocycles. The van der Waals surface area contributed by atoms with Gasteiger partial charge in [0.15, 0.2) is 0 Å². The topological polar surface area (TPSA) is 83.0 Å². The second-order valence-electron chi connectivity index (χ2n) is 4.71. The third-order valence-electron chi connectivity index (χ3n) is 2.69. The summed E-state index contributed by atoms with van der Waals surface area (Å²) in [4.78, 5) is 28.7. The molecule has 0 aliphatic carbocycles. The number of methoxy groups -OCH3 is 1. The van der Waals surface area contributed by atoms with Crippen molar-refractivity contribution in [1.29, 1.82) is 0 Å². The Morgan fingerprint density at radius 3 is 2.35 bits per heavy atom. The maximum absolute atomic E-state index is 12.2. The average Bonchev–Trinajstić information content (AvgIpc) is 2.36. The number of hydrogen-bond donors (Lipinski definition) is 2. The monoisotopic (exact) mass is 286 g/mol. The highest BCUT2D eigenvalue weighted by molar-refractivity contribution is 5.87. The van der Waals surface area contributed by atoms with E-state index in [-0.39, 0.29) is 12.1 Å². The maximum atomic E-state index is 12.2. The van der Waals surface area contributed by atoms with Crippen molar-refractivity contribution in [2.45, 2.75) is 46.3 Å². The fourth-order valence-corrected chi connectivity index (χ4v) is 2.00. The quantitative estimate of drug-likeness (QED) is 0.574. The number of hydrogen-bond acceptors (Lipinski definition) is 4. The van der Waals surface area contributed by atoms with Gasteiger partial charge in [0.2, 0.25) is 0 Å². The molecular formula is C13H26N4O3. The normalized spacial score (nSPS) is 14.2. The lowest BCUT2D eigenvalue weighted by Gasteiger charge is -2.41. The van der Waals surface area contributed by atoms with E-state index in [1.54, 1.807) is 11.8 Å². The Morgan fingerprint density at radius 2 is 1.95 bits per heavy atom. The zero-order chi connectivity index (χ0) is 15.8. The summed E-state index contributed by atoms with van der Waals surface area (Å²) >= 11 is 0. The first-order valence-corrected chi connectivity index (χ1v) is 6.77. The summed E-state index contributed by atoms with van der Waals surface area (Å²) in [6, 6.07) is -0.294. The minimum Gasteiger partial charge on any atom is -0.451 e. The number of aliphatic imine (C=N–C) groups is 1. The zero-order valence-electron chi connectivity index (χ0n) is 13.2. The van der Waals surface area contributed by atoms with Gasteiger partial charge in [-0.3, -0.25) is 10.2 Å². The van der Waals surface area contributed by atoms with Crippen LogP contribution in [0.1, 0.15) is 34.6 Å². The molecule has 20 heavy (non-hydrogen) atoms. The van der Waals surface area contributed by atoms with Crippen LogP contribution in [0.4, 0.5) is 9.59 Å². The van der Waals surface area contributed by atoms with E-state index in [1.807, 2.05) is 27.7 Å². The van der Waals surface area contributed by atoms with Gasteiger partial charge in [-0.2, -0.15) is 4.99 Å². The summed E-state index contributed by atoms with van der Waals surface area (Å²) in [5.74, 6) is 0. The molecule has 0 rings (SSSR count). The van der Waals surface area contributed by atoms with Crippen LogP contribution in [0.15, 0.2) is 4.99 Å². The molecule has 7 heteroatoms. The minimum absolute atomic E-state index is 0.0744. The van der Waals surface area contributed by atoms with Gasteiger partial charge in [-0.15, -0.1) is 0 Å². The SMILES string of the molecule is CCNC(=O)N(C(C)C)C(C)(C=NC(=O)OC)NCC. The molecule has 1 unspecified atom stereocenters. The van der Waals surface area contributed by atoms with E-state index in [0.717, 1.165) is 0 Å². The summed E-state index contributed by atoms with van der Waals surface area (Å²) in [6.45, 7) is 10.5. The number of urea groups is 1. The second kappa shape index (κ2) is 8.52. The molecule has 1 atom stereocenters. The summed E-state index contributed by atoms with van der Waals surface area (Å²) < 4.78 is 4.49. The number of carbonyl (C=O) groups is 2. The van der Waals surface area contributed by atoms with Crippen LogP contribution in [-0.4, -0.2) is 55.1 Å². The highest BCUT2D eigenvalue weighted by atomic mass is 16.5. The van der Waals surface area contributed by atoms with Crippen LogP contribution in [0, 0.1) is 0 Å². The van der Waals surface area contributed by atoms with Crippen LogP contribution in [0.3, 0.4) is 0 Å². The number of nitrogens with zero attached hydrogens (tertiary/aromatic N) is 2. The molecule has 2 N–H and O–H groups in total. The summed E-state index contributed by atoms with van der Waals surface area (Å²) in [6.07, 6.45) is 0.700. The van der Waals surface area contributed by atoms with Gasteiger partial charge in [0.05, 0.1) is 13.3 Å². The molecule has 3 amide bonds. The molecule has 0 saturated heterocycles. The summed E-state index contributed by atoms with van der Waals surface area (Å²) in [7, 11) is 1.26. The van der Waals surface area contributed by atoms with Crippen molar-refractivity contribution in [3.8, 4) is 0 Å². The lowest BCUT2D eigenvalue weighted by Crippen LogP contribution is -2.64. The molecule has 0 fully saturated rings. The fourth-order valence-electron chi connectivity index (χ4n) is 2.00. The minimum atomic E-state index is -0.879. The largest absolute Gasteiger partial charge is 0.451 e. The second-order valence-corrected chi connectivity index (χ2v) is 4.71. The van der Waals surface area contributed by atoms with Crippen molar-refractivity contribution in [2.24, 2.45) is 4.99 Å². The van der Waals surface area contributed by atoms with Gasteiger partial charge >= 0.3 is 12.1 Å². The Morgan fingerprint density at radius 1 is 1.35 bits per heavy atom. The molecule has 116 valence electrons. The molecule has 0 saturated carbocycles. The number of carbonyl (C=O) groups excluding carboxylic acids is 2. The number of ether oxygens (including phenoxy) is 1. The molecule has 7 nitrogen and oxygen atoms in total. The summed E-state index contributed by atoms with van der Waals surface area (Å²) in [5.41, 5.74) is -0.879. The van der Waals surface area contributed by atoms with E-state index < -0.39 is 11.8 Å². The van der Waals surface area contributed by atoms with Gasteiger partial charge in [0.25, 0.3) is 0 Å². The van der Waals surface area contributed by atoms with Crippen molar-refractivity contribution in [1.82, 2.24) is 15.5 Å². The highest BCUT2D eigenvalue weighted by Crippen LogP contribution is 2.14. The Bertz CT molecular complexity index is 358. The van der Waals surface area contributed by atoms with Crippen LogP contribution in [0.25, 0.3) is 0 Å². The molecule has 0 spiro atoms. The van der Waals surface area contributed by atoms with Gasteiger partial charge in [0.1, 0.15) is 5.66 Å². The first-order valence-electron chi connectivity index (χ1n) is 6.77. The van der Waals surface area contributed by atoms with Gasteiger partial charge in [0, 0.05) is 12.6 Å². The number of rotatable bonds is 6. The van der Waals surface area contributed by atoms with Gasteiger partial charge in [-0.05, 0) is 34.2 Å². The molecule has 0 bridgehead atoms. The lowest BCUT2D eigenvalue weighted by atomic mass is 10.1. The first kappa shape index (κ1) is 18.4. The smallest absolute Gasteiger partial charge is 0.433 e. The predicted octanol–water partition coefficient (Wildman–Crippen LogP) is 1.59. The first-order chi connectivity index (χ1) is 9.32. The molecule has 0 aromatic heterocycles. The third-order valence-corrected chi connectivity index (χ3v) is 2.69. The Kier molecular flexibility index (Phi) is 7.83. The maximum Gasteiger partial charge on any atom is 0.433 e. The van der Waals surface area contributed by atoms with E-state index in [9.17, 15) is 9.59 Å². The molecule has 0 aromatic carbocycles. The van der Waals surface area contributed by atoms with Crippen LogP contribution < -0.4 is 10.6 Å². The van der Waals surface area contributed by atoms with Crippen LogP contribution >= 0.6 is 0 Å². The number of nitrogens with one attached hydrogen (secondary N) is 2. The molecule has 0 heterocycles. The Balaban J connectivity index is 5.39. The van der Waals surface area contributed by atoms with Crippen molar-refractivity contribution in [2.75, 3.05) is 20.2 Å². The van der Waals surface area contributed by atoms with Gasteiger partial charge < -0.3 is 10.1 Å². The highest BCUT2D eigenvalue weighted by Gasteiger charge is 2.35. The molecule has 0 aromatic rings. The molecular weight excluding hydrogens is 260 g/mol. The van der Waals surface area contributed by atoms with Gasteiger partial charge in [-0.1, -0.05) is 6.92 Å². The summed E-state index contributed by atoms with van der Waals surface area (Å²) in [5, 5.41) is 5.93. The standard InChI is InChI=1S/C13H26N4O3/c1-7-14-11(18)17(10(3)4)13(5,16-8-2)9-15-12(19)20-6/h9-10,16H,7-8H2,1-6H3,(H,14,18). The van der Waals surface area contributed by atoms with E-state index in [4.69, 9.17) is 0 Å². The van der Waals surface area contributed by atoms with Crippen molar-refractivity contribution in [3.63, 3.8) is 0 Å².